The summed E-state index contributed by atoms with van der Waals surface area (Å²) in [5.74, 6) is -0.995. The minimum atomic E-state index is -3.30. The minimum absolute atomic E-state index is 0.0312. The lowest BCUT2D eigenvalue weighted by molar-refractivity contribution is -0.145. The first-order valence-electron chi connectivity index (χ1n) is 4.49. The van der Waals surface area contributed by atoms with Crippen molar-refractivity contribution >= 4 is 15.8 Å². The summed E-state index contributed by atoms with van der Waals surface area (Å²) in [5, 5.41) is 9.09. The molecule has 0 radical (unpaired) electrons. The molecule has 15 heavy (non-hydrogen) atoms. The molecule has 1 atom stereocenters. The summed E-state index contributed by atoms with van der Waals surface area (Å²) >= 11 is 0. The Balaban J connectivity index is 3.22. The van der Waals surface area contributed by atoms with Gasteiger partial charge in [0.2, 0.25) is 0 Å². The molecule has 4 nitrogen and oxygen atoms in total. The van der Waals surface area contributed by atoms with Gasteiger partial charge in [0.05, 0.1) is 5.41 Å². The Morgan fingerprint density at radius 3 is 2.40 bits per heavy atom. The average Bonchev–Trinajstić information content (AvgIpc) is 2.07. The standard InChI is InChI=1S/C10H14O4S/c1-7-4-5-8(15(3,13)14)6-10(7,2)9(11)12/h4-5H,6H2,1-3H3,(H,11,12). The fraction of sp³-hybridized carbons (Fsp3) is 0.500. The highest BCUT2D eigenvalue weighted by atomic mass is 32.2. The van der Waals surface area contributed by atoms with Crippen LogP contribution < -0.4 is 0 Å². The Hall–Kier alpha value is -1.10. The maximum absolute atomic E-state index is 11.3. The summed E-state index contributed by atoms with van der Waals surface area (Å²) in [6, 6.07) is 0. The largest absolute Gasteiger partial charge is 0.481 e. The molecule has 0 spiro atoms. The van der Waals surface area contributed by atoms with Crippen LogP contribution in [-0.4, -0.2) is 25.7 Å². The van der Waals surface area contributed by atoms with E-state index in [0.29, 0.717) is 5.57 Å². The van der Waals surface area contributed by atoms with E-state index in [1.807, 2.05) is 0 Å². The van der Waals surface area contributed by atoms with Crippen LogP contribution in [0.25, 0.3) is 0 Å². The molecule has 1 aliphatic carbocycles. The number of rotatable bonds is 2. The number of aliphatic carboxylic acids is 1. The van der Waals surface area contributed by atoms with Gasteiger partial charge in [-0.25, -0.2) is 8.42 Å². The van der Waals surface area contributed by atoms with Gasteiger partial charge in [-0.3, -0.25) is 4.79 Å². The zero-order valence-corrected chi connectivity index (χ0v) is 9.76. The van der Waals surface area contributed by atoms with Gasteiger partial charge in [-0.1, -0.05) is 11.6 Å². The summed E-state index contributed by atoms with van der Waals surface area (Å²) in [4.78, 5) is 11.3. The van der Waals surface area contributed by atoms with Gasteiger partial charge >= 0.3 is 5.97 Å². The predicted octanol–water partition coefficient (Wildman–Crippen LogP) is 1.36. The number of sulfone groups is 1. The summed E-state index contributed by atoms with van der Waals surface area (Å²) in [6.45, 7) is 3.24. The van der Waals surface area contributed by atoms with Crippen molar-refractivity contribution in [1.82, 2.24) is 0 Å². The molecule has 0 aromatic rings. The van der Waals surface area contributed by atoms with Gasteiger partial charge in [0, 0.05) is 17.6 Å². The van der Waals surface area contributed by atoms with Crippen LogP contribution in [0.3, 0.4) is 0 Å². The van der Waals surface area contributed by atoms with Crippen molar-refractivity contribution in [2.24, 2.45) is 5.41 Å². The normalized spacial score (nSPS) is 26.9. The van der Waals surface area contributed by atoms with E-state index in [1.54, 1.807) is 19.9 Å². The molecular formula is C10H14O4S. The third-order valence-electron chi connectivity index (χ3n) is 2.87. The molecule has 1 aliphatic rings. The lowest BCUT2D eigenvalue weighted by Crippen LogP contribution is -2.32. The van der Waals surface area contributed by atoms with E-state index in [0.717, 1.165) is 6.26 Å². The van der Waals surface area contributed by atoms with Gasteiger partial charge in [0.25, 0.3) is 0 Å². The highest BCUT2D eigenvalue weighted by Crippen LogP contribution is 2.38. The van der Waals surface area contributed by atoms with Gasteiger partial charge in [-0.2, -0.15) is 0 Å². The lowest BCUT2D eigenvalue weighted by Gasteiger charge is -2.29. The lowest BCUT2D eigenvalue weighted by atomic mass is 9.77. The number of carboxylic acids is 1. The van der Waals surface area contributed by atoms with Crippen molar-refractivity contribution in [1.29, 1.82) is 0 Å². The van der Waals surface area contributed by atoms with Crippen molar-refractivity contribution in [2.75, 3.05) is 6.26 Å². The third kappa shape index (κ3) is 2.12. The zero-order valence-electron chi connectivity index (χ0n) is 8.94. The van der Waals surface area contributed by atoms with Crippen LogP contribution in [0.1, 0.15) is 20.3 Å². The number of hydrogen-bond donors (Lipinski definition) is 1. The van der Waals surface area contributed by atoms with Gasteiger partial charge in [0.1, 0.15) is 0 Å². The second-order valence-electron chi connectivity index (χ2n) is 4.07. The number of hydrogen-bond acceptors (Lipinski definition) is 3. The van der Waals surface area contributed by atoms with Gasteiger partial charge in [-0.15, -0.1) is 0 Å². The molecule has 0 aliphatic heterocycles. The molecule has 0 heterocycles. The zero-order chi connectivity index (χ0) is 11.9. The first-order valence-corrected chi connectivity index (χ1v) is 6.38. The first-order chi connectivity index (χ1) is 6.68. The highest BCUT2D eigenvalue weighted by molar-refractivity contribution is 7.94. The van der Waals surface area contributed by atoms with Crippen LogP contribution in [0.4, 0.5) is 0 Å². The molecule has 5 heteroatoms. The van der Waals surface area contributed by atoms with E-state index in [1.165, 1.54) is 6.08 Å². The van der Waals surface area contributed by atoms with E-state index in [4.69, 9.17) is 5.11 Å². The molecule has 0 aromatic heterocycles. The molecule has 1 N–H and O–H groups in total. The monoisotopic (exact) mass is 230 g/mol. The molecule has 0 amide bonds. The topological polar surface area (TPSA) is 71.4 Å². The van der Waals surface area contributed by atoms with Crippen molar-refractivity contribution in [3.63, 3.8) is 0 Å². The Bertz CT molecular complexity index is 456. The SMILES string of the molecule is CC1=CC=C(S(C)(=O)=O)CC1(C)C(=O)O. The molecular weight excluding hydrogens is 216 g/mol. The molecule has 0 saturated carbocycles. The highest BCUT2D eigenvalue weighted by Gasteiger charge is 2.39. The quantitative estimate of drug-likeness (QED) is 0.777. The van der Waals surface area contributed by atoms with Gasteiger partial charge < -0.3 is 5.11 Å². The summed E-state index contributed by atoms with van der Waals surface area (Å²) in [6.07, 6.45) is 4.17. The summed E-state index contributed by atoms with van der Waals surface area (Å²) < 4.78 is 22.6. The average molecular weight is 230 g/mol. The maximum Gasteiger partial charge on any atom is 0.313 e. The molecule has 0 bridgehead atoms. The van der Waals surface area contributed by atoms with Gasteiger partial charge in [0.15, 0.2) is 9.84 Å². The first kappa shape index (κ1) is 12.0. The van der Waals surface area contributed by atoms with Crippen LogP contribution in [0.15, 0.2) is 22.6 Å². The smallest absolute Gasteiger partial charge is 0.313 e. The van der Waals surface area contributed by atoms with Crippen LogP contribution in [0.2, 0.25) is 0 Å². The van der Waals surface area contributed by atoms with Crippen molar-refractivity contribution in [2.45, 2.75) is 20.3 Å². The van der Waals surface area contributed by atoms with E-state index < -0.39 is 21.2 Å². The fourth-order valence-corrected chi connectivity index (χ4v) is 2.31. The molecule has 0 fully saturated rings. The predicted molar refractivity (Wildman–Crippen MR) is 57.0 cm³/mol. The van der Waals surface area contributed by atoms with Crippen LogP contribution in [-0.2, 0) is 14.6 Å². The maximum atomic E-state index is 11.3. The van der Waals surface area contributed by atoms with E-state index in [-0.39, 0.29) is 11.3 Å². The number of carbonyl (C=O) groups is 1. The molecule has 1 rings (SSSR count). The molecule has 0 aromatic carbocycles. The second kappa shape index (κ2) is 3.48. The molecule has 84 valence electrons. The Labute approximate surface area is 89.2 Å². The number of carboxylic acid groups (broad SMARTS) is 1. The van der Waals surface area contributed by atoms with E-state index >= 15 is 0 Å². The van der Waals surface area contributed by atoms with E-state index in [2.05, 4.69) is 0 Å². The van der Waals surface area contributed by atoms with Crippen LogP contribution in [0.5, 0.6) is 0 Å². The van der Waals surface area contributed by atoms with Gasteiger partial charge in [-0.05, 0) is 19.9 Å². The molecule has 1 unspecified atom stereocenters. The second-order valence-corrected chi connectivity index (χ2v) is 6.14. The molecule has 0 saturated heterocycles. The van der Waals surface area contributed by atoms with Crippen molar-refractivity contribution < 1.29 is 18.3 Å². The van der Waals surface area contributed by atoms with Crippen LogP contribution >= 0.6 is 0 Å². The Morgan fingerprint density at radius 1 is 1.47 bits per heavy atom. The summed E-state index contributed by atoms with van der Waals surface area (Å²) in [7, 11) is -3.30. The van der Waals surface area contributed by atoms with Crippen molar-refractivity contribution in [3.8, 4) is 0 Å². The fourth-order valence-electron chi connectivity index (χ4n) is 1.45. The summed E-state index contributed by atoms with van der Waals surface area (Å²) in [5.41, 5.74) is -0.435. The Kier molecular flexibility index (Phi) is 2.78. The van der Waals surface area contributed by atoms with Crippen LogP contribution in [0, 0.1) is 5.41 Å². The minimum Gasteiger partial charge on any atom is -0.481 e. The van der Waals surface area contributed by atoms with Crippen molar-refractivity contribution in [3.05, 3.63) is 22.6 Å². The third-order valence-corrected chi connectivity index (χ3v) is 4.10. The number of allylic oxidation sites excluding steroid dienone is 3. The van der Waals surface area contributed by atoms with E-state index in [9.17, 15) is 13.2 Å². The Morgan fingerprint density at radius 2 is 2.00 bits per heavy atom.